The van der Waals surface area contributed by atoms with Gasteiger partial charge >= 0.3 is 0 Å². The maximum Gasteiger partial charge on any atom is 0.0514 e. The van der Waals surface area contributed by atoms with E-state index in [1.165, 1.54) is 23.0 Å². The fourth-order valence-corrected chi connectivity index (χ4v) is 4.03. The third kappa shape index (κ3) is 2.62. The molecule has 2 nitrogen and oxygen atoms in total. The van der Waals surface area contributed by atoms with Crippen molar-refractivity contribution in [2.75, 3.05) is 18.0 Å². The smallest absolute Gasteiger partial charge is 0.0514 e. The second kappa shape index (κ2) is 5.34. The zero-order valence-corrected chi connectivity index (χ0v) is 14.3. The van der Waals surface area contributed by atoms with Crippen molar-refractivity contribution in [1.29, 1.82) is 0 Å². The number of rotatable bonds is 3. The van der Waals surface area contributed by atoms with Crippen molar-refractivity contribution in [1.82, 2.24) is 5.32 Å². The van der Waals surface area contributed by atoms with Crippen LogP contribution in [0.4, 0.5) is 5.69 Å². The Morgan fingerprint density at radius 1 is 1.30 bits per heavy atom. The number of nitrogens with one attached hydrogen (secondary N) is 1. The van der Waals surface area contributed by atoms with Crippen molar-refractivity contribution in [2.24, 2.45) is 11.8 Å². The highest BCUT2D eigenvalue weighted by atomic mass is 79.9. The van der Waals surface area contributed by atoms with Gasteiger partial charge in [0.25, 0.3) is 0 Å². The second-order valence-corrected chi connectivity index (χ2v) is 7.82. The summed E-state index contributed by atoms with van der Waals surface area (Å²) in [5.41, 5.74) is 1.63. The summed E-state index contributed by atoms with van der Waals surface area (Å²) in [5.74, 6) is 1.51. The molecule has 0 amide bonds. The van der Waals surface area contributed by atoms with Crippen molar-refractivity contribution in [2.45, 2.75) is 45.2 Å². The van der Waals surface area contributed by atoms with Crippen LogP contribution < -0.4 is 10.2 Å². The molecule has 1 saturated carbocycles. The average Bonchev–Trinajstić information content (AvgIpc) is 3.23. The van der Waals surface area contributed by atoms with E-state index in [2.05, 4.69) is 71.2 Å². The molecule has 2 fully saturated rings. The average molecular weight is 337 g/mol. The zero-order chi connectivity index (χ0) is 14.3. The largest absolute Gasteiger partial charge is 0.364 e. The second-order valence-electron chi connectivity index (χ2n) is 6.96. The fraction of sp³-hybridized carbons (Fsp3) is 0.647. The van der Waals surface area contributed by atoms with Crippen LogP contribution in [0.15, 0.2) is 28.7 Å². The van der Waals surface area contributed by atoms with Gasteiger partial charge in [-0.15, -0.1) is 0 Å². The number of piperazine rings is 1. The van der Waals surface area contributed by atoms with Crippen LogP contribution in [0.25, 0.3) is 0 Å². The summed E-state index contributed by atoms with van der Waals surface area (Å²) in [6.45, 7) is 9.27. The van der Waals surface area contributed by atoms with Crippen LogP contribution in [-0.2, 0) is 0 Å². The lowest BCUT2D eigenvalue weighted by atomic mass is 9.87. The van der Waals surface area contributed by atoms with Crippen molar-refractivity contribution in [3.05, 3.63) is 28.7 Å². The van der Waals surface area contributed by atoms with Gasteiger partial charge in [0, 0.05) is 29.1 Å². The van der Waals surface area contributed by atoms with Crippen LogP contribution in [0.2, 0.25) is 0 Å². The normalized spacial score (nSPS) is 30.9. The summed E-state index contributed by atoms with van der Waals surface area (Å²) in [4.78, 5) is 2.63. The zero-order valence-electron chi connectivity index (χ0n) is 12.7. The summed E-state index contributed by atoms with van der Waals surface area (Å²) in [6, 6.07) is 9.22. The summed E-state index contributed by atoms with van der Waals surface area (Å²) in [7, 11) is 0. The number of halogens is 1. The van der Waals surface area contributed by atoms with Gasteiger partial charge in [0.15, 0.2) is 0 Å². The number of hydrogen-bond donors (Lipinski definition) is 1. The lowest BCUT2D eigenvalue weighted by Crippen LogP contribution is -2.65. The maximum absolute atomic E-state index is 3.85. The predicted molar refractivity (Wildman–Crippen MR) is 89.2 cm³/mol. The first-order chi connectivity index (χ1) is 9.51. The van der Waals surface area contributed by atoms with Gasteiger partial charge in [-0.1, -0.05) is 26.0 Å². The molecule has 2 aliphatic rings. The number of hydrogen-bond acceptors (Lipinski definition) is 2. The Morgan fingerprint density at radius 3 is 2.60 bits per heavy atom. The minimum Gasteiger partial charge on any atom is -0.364 e. The van der Waals surface area contributed by atoms with Gasteiger partial charge in [0.2, 0.25) is 0 Å². The van der Waals surface area contributed by atoms with Crippen LogP contribution in [0.3, 0.4) is 0 Å². The Bertz CT molecular complexity index is 484. The third-order valence-corrected chi connectivity index (χ3v) is 5.69. The highest BCUT2D eigenvalue weighted by molar-refractivity contribution is 9.10. The Hall–Kier alpha value is -0.540. The van der Waals surface area contributed by atoms with Crippen LogP contribution in [-0.4, -0.2) is 24.7 Å². The molecule has 3 heteroatoms. The molecule has 2 atom stereocenters. The first-order valence-electron chi connectivity index (χ1n) is 7.77. The Kier molecular flexibility index (Phi) is 3.85. The fourth-order valence-electron chi connectivity index (χ4n) is 3.51. The molecule has 0 spiro atoms. The van der Waals surface area contributed by atoms with Crippen molar-refractivity contribution < 1.29 is 0 Å². The Balaban J connectivity index is 1.91. The van der Waals surface area contributed by atoms with Gasteiger partial charge in [-0.25, -0.2) is 0 Å². The Labute approximate surface area is 131 Å². The maximum atomic E-state index is 3.85. The van der Waals surface area contributed by atoms with E-state index in [1.54, 1.807) is 0 Å². The van der Waals surface area contributed by atoms with E-state index in [-0.39, 0.29) is 5.54 Å². The van der Waals surface area contributed by atoms with Gasteiger partial charge in [0.1, 0.15) is 0 Å². The van der Waals surface area contributed by atoms with E-state index in [9.17, 15) is 0 Å². The molecule has 3 rings (SSSR count). The van der Waals surface area contributed by atoms with Crippen molar-refractivity contribution in [3.8, 4) is 0 Å². The minimum atomic E-state index is 0.278. The number of nitrogens with zero attached hydrogens (tertiary/aromatic N) is 1. The van der Waals surface area contributed by atoms with E-state index < -0.39 is 0 Å². The lowest BCUT2D eigenvalue weighted by Gasteiger charge is -2.49. The summed E-state index contributed by atoms with van der Waals surface area (Å²) in [5, 5.41) is 3.85. The van der Waals surface area contributed by atoms with E-state index in [0.717, 1.165) is 19.0 Å². The molecule has 110 valence electrons. The lowest BCUT2D eigenvalue weighted by molar-refractivity contribution is 0.233. The molecule has 1 aliphatic heterocycles. The molecule has 20 heavy (non-hydrogen) atoms. The first kappa shape index (κ1) is 14.4. The third-order valence-electron chi connectivity index (χ3n) is 5.02. The standard InChI is InChI=1S/C17H25BrN2/c1-12(2)16-10-19-17(3,13-8-9-13)11-20(16)15-7-5-4-6-14(15)18/h4-7,12-13,16,19H,8-11H2,1-3H3. The van der Waals surface area contributed by atoms with Crippen LogP contribution in [0.5, 0.6) is 0 Å². The van der Waals surface area contributed by atoms with E-state index >= 15 is 0 Å². The van der Waals surface area contributed by atoms with Crippen LogP contribution in [0.1, 0.15) is 33.6 Å². The van der Waals surface area contributed by atoms with E-state index in [4.69, 9.17) is 0 Å². The van der Waals surface area contributed by atoms with Gasteiger partial charge in [-0.05, 0) is 59.7 Å². The topological polar surface area (TPSA) is 15.3 Å². The van der Waals surface area contributed by atoms with Crippen LogP contribution in [0, 0.1) is 11.8 Å². The number of benzene rings is 1. The monoisotopic (exact) mass is 336 g/mol. The quantitative estimate of drug-likeness (QED) is 0.895. The molecular formula is C17H25BrN2. The molecule has 2 unspecified atom stereocenters. The SMILES string of the molecule is CC(C)C1CNC(C)(C2CC2)CN1c1ccccc1Br. The van der Waals surface area contributed by atoms with Crippen molar-refractivity contribution in [3.63, 3.8) is 0 Å². The van der Waals surface area contributed by atoms with Crippen molar-refractivity contribution >= 4 is 21.6 Å². The van der Waals surface area contributed by atoms with Gasteiger partial charge in [0.05, 0.1) is 5.69 Å². The molecule has 1 heterocycles. The van der Waals surface area contributed by atoms with Gasteiger partial charge in [-0.2, -0.15) is 0 Å². The minimum absolute atomic E-state index is 0.278. The van der Waals surface area contributed by atoms with Gasteiger partial charge in [-0.3, -0.25) is 0 Å². The highest BCUT2D eigenvalue weighted by Crippen LogP contribution is 2.43. The molecule has 0 radical (unpaired) electrons. The summed E-state index contributed by atoms with van der Waals surface area (Å²) < 4.78 is 1.21. The molecule has 1 aromatic carbocycles. The van der Waals surface area contributed by atoms with Crippen LogP contribution >= 0.6 is 15.9 Å². The molecule has 1 saturated heterocycles. The van der Waals surface area contributed by atoms with Gasteiger partial charge < -0.3 is 10.2 Å². The predicted octanol–water partition coefficient (Wildman–Crippen LogP) is 4.05. The van der Waals surface area contributed by atoms with E-state index in [1.807, 2.05) is 0 Å². The van der Waals surface area contributed by atoms with E-state index in [0.29, 0.717) is 12.0 Å². The number of para-hydroxylation sites is 1. The number of anilines is 1. The molecule has 1 N–H and O–H groups in total. The highest BCUT2D eigenvalue weighted by Gasteiger charge is 2.46. The molecule has 1 aliphatic carbocycles. The molecule has 0 bridgehead atoms. The first-order valence-corrected chi connectivity index (χ1v) is 8.57. The summed E-state index contributed by atoms with van der Waals surface area (Å²) >= 11 is 3.74. The molecular weight excluding hydrogens is 312 g/mol. The Morgan fingerprint density at radius 2 is 2.00 bits per heavy atom. The molecule has 1 aromatic rings. The summed E-state index contributed by atoms with van der Waals surface area (Å²) in [6.07, 6.45) is 2.78. The molecule has 0 aromatic heterocycles.